The van der Waals surface area contributed by atoms with E-state index in [1.165, 1.54) is 0 Å². The molecular formula is C8H10Cl2O2Ru. The van der Waals surface area contributed by atoms with Crippen LogP contribution in [0.3, 0.4) is 0 Å². The minimum atomic E-state index is 0. The van der Waals surface area contributed by atoms with Crippen LogP contribution < -0.4 is 29.6 Å². The largest absolute Gasteiger partial charge is 2.00 e. The zero-order valence-electron chi connectivity index (χ0n) is 6.77. The summed E-state index contributed by atoms with van der Waals surface area (Å²) in [7, 11) is 0. The Morgan fingerprint density at radius 3 is 2.08 bits per heavy atom. The van der Waals surface area contributed by atoms with Gasteiger partial charge < -0.3 is 34.7 Å². The SMILES string of the molecule is OCCOc1ccccc1.[Cl-].[Cl-].[Ru+2]. The molecule has 1 rings (SSSR count). The van der Waals surface area contributed by atoms with Crippen LogP contribution in [0.25, 0.3) is 0 Å². The third kappa shape index (κ3) is 8.51. The standard InChI is InChI=1S/C8H10O2.2ClH.Ru/c9-6-7-10-8-4-2-1-3-5-8;;;/h1-5,9H,6-7H2;2*1H;/q;;;+2/p-2. The molecule has 13 heavy (non-hydrogen) atoms. The van der Waals surface area contributed by atoms with Crippen LogP contribution in [0.2, 0.25) is 0 Å². The van der Waals surface area contributed by atoms with E-state index in [2.05, 4.69) is 0 Å². The molecule has 0 radical (unpaired) electrons. The van der Waals surface area contributed by atoms with Gasteiger partial charge in [0.05, 0.1) is 6.61 Å². The van der Waals surface area contributed by atoms with Gasteiger partial charge in [-0.05, 0) is 12.1 Å². The molecule has 0 aliphatic rings. The normalized spacial score (nSPS) is 7.15. The van der Waals surface area contributed by atoms with E-state index >= 15 is 0 Å². The van der Waals surface area contributed by atoms with Crippen molar-refractivity contribution in [2.75, 3.05) is 13.2 Å². The van der Waals surface area contributed by atoms with Gasteiger partial charge in [-0.3, -0.25) is 0 Å². The van der Waals surface area contributed by atoms with E-state index in [1.54, 1.807) is 0 Å². The van der Waals surface area contributed by atoms with Crippen LogP contribution in [-0.2, 0) is 19.5 Å². The molecule has 0 saturated carbocycles. The van der Waals surface area contributed by atoms with Gasteiger partial charge in [0.15, 0.2) is 0 Å². The maximum Gasteiger partial charge on any atom is 2.00 e. The molecule has 1 N–H and O–H groups in total. The number of para-hydroxylation sites is 1. The fourth-order valence-electron chi connectivity index (χ4n) is 0.680. The molecule has 1 aromatic carbocycles. The molecule has 0 atom stereocenters. The zero-order valence-corrected chi connectivity index (χ0v) is 10.0. The Labute approximate surface area is 103 Å². The van der Waals surface area contributed by atoms with Gasteiger partial charge in [0.2, 0.25) is 0 Å². The molecule has 0 unspecified atom stereocenters. The van der Waals surface area contributed by atoms with Crippen LogP contribution in [0.5, 0.6) is 5.75 Å². The number of benzene rings is 1. The Morgan fingerprint density at radius 2 is 1.62 bits per heavy atom. The average molecular weight is 310 g/mol. The van der Waals surface area contributed by atoms with Crippen LogP contribution in [0.15, 0.2) is 30.3 Å². The summed E-state index contributed by atoms with van der Waals surface area (Å²) in [6.45, 7) is 0.429. The van der Waals surface area contributed by atoms with Crippen molar-refractivity contribution in [1.82, 2.24) is 0 Å². The Kier molecular flexibility index (Phi) is 17.7. The number of ether oxygens (including phenoxy) is 1. The monoisotopic (exact) mass is 310 g/mol. The van der Waals surface area contributed by atoms with E-state index in [9.17, 15) is 0 Å². The Morgan fingerprint density at radius 1 is 1.08 bits per heavy atom. The van der Waals surface area contributed by atoms with Crippen molar-refractivity contribution in [3.63, 3.8) is 0 Å². The summed E-state index contributed by atoms with van der Waals surface area (Å²) in [5.41, 5.74) is 0. The summed E-state index contributed by atoms with van der Waals surface area (Å²) >= 11 is 0. The second-order valence-electron chi connectivity index (χ2n) is 1.89. The van der Waals surface area contributed by atoms with Crippen LogP contribution in [0, 0.1) is 0 Å². The third-order valence-electron chi connectivity index (χ3n) is 1.10. The summed E-state index contributed by atoms with van der Waals surface area (Å²) in [5, 5.41) is 8.40. The molecule has 5 heteroatoms. The van der Waals surface area contributed by atoms with Crippen molar-refractivity contribution in [1.29, 1.82) is 0 Å². The van der Waals surface area contributed by atoms with Crippen molar-refractivity contribution in [2.45, 2.75) is 0 Å². The van der Waals surface area contributed by atoms with E-state index in [4.69, 9.17) is 9.84 Å². The predicted octanol–water partition coefficient (Wildman–Crippen LogP) is -4.94. The van der Waals surface area contributed by atoms with Gasteiger partial charge >= 0.3 is 19.5 Å². The Balaban J connectivity index is -0.000000333. The number of aliphatic hydroxyl groups excluding tert-OH is 1. The Hall–Kier alpha value is 0.183. The molecule has 0 fully saturated rings. The average Bonchev–Trinajstić information content (AvgIpc) is 2.03. The smallest absolute Gasteiger partial charge is 1.00 e. The molecule has 0 heterocycles. The molecule has 0 bridgehead atoms. The van der Waals surface area contributed by atoms with E-state index in [0.29, 0.717) is 6.61 Å². The molecule has 0 aliphatic heterocycles. The van der Waals surface area contributed by atoms with Crippen molar-refractivity contribution in [3.05, 3.63) is 30.3 Å². The van der Waals surface area contributed by atoms with Gasteiger partial charge in [0.25, 0.3) is 0 Å². The minimum Gasteiger partial charge on any atom is -1.00 e. The van der Waals surface area contributed by atoms with Crippen LogP contribution >= 0.6 is 0 Å². The molecule has 0 amide bonds. The quantitative estimate of drug-likeness (QED) is 0.567. The summed E-state index contributed by atoms with van der Waals surface area (Å²) in [6, 6.07) is 9.43. The first kappa shape index (κ1) is 18.9. The molecule has 76 valence electrons. The van der Waals surface area contributed by atoms with Crippen molar-refractivity contribution >= 4 is 0 Å². The second kappa shape index (κ2) is 12.2. The van der Waals surface area contributed by atoms with Gasteiger partial charge in [0, 0.05) is 0 Å². The summed E-state index contributed by atoms with van der Waals surface area (Å²) in [4.78, 5) is 0. The first-order valence-electron chi connectivity index (χ1n) is 3.22. The van der Waals surface area contributed by atoms with Crippen molar-refractivity contribution in [2.24, 2.45) is 0 Å². The number of hydrogen-bond acceptors (Lipinski definition) is 2. The van der Waals surface area contributed by atoms with Crippen LogP contribution in [0.4, 0.5) is 0 Å². The molecule has 0 aliphatic carbocycles. The number of halogens is 2. The first-order chi connectivity index (χ1) is 4.93. The molecule has 0 spiro atoms. The van der Waals surface area contributed by atoms with Crippen LogP contribution in [0.1, 0.15) is 0 Å². The molecular weight excluding hydrogens is 300 g/mol. The maximum atomic E-state index is 8.40. The van der Waals surface area contributed by atoms with Gasteiger partial charge in [-0.25, -0.2) is 0 Å². The molecule has 0 aromatic heterocycles. The van der Waals surface area contributed by atoms with Gasteiger partial charge in [0.1, 0.15) is 12.4 Å². The third-order valence-corrected chi connectivity index (χ3v) is 1.10. The summed E-state index contributed by atoms with van der Waals surface area (Å²) in [5.74, 6) is 0.802. The second-order valence-corrected chi connectivity index (χ2v) is 1.89. The summed E-state index contributed by atoms with van der Waals surface area (Å²) < 4.78 is 5.11. The van der Waals surface area contributed by atoms with Crippen molar-refractivity contribution < 1.29 is 54.1 Å². The first-order valence-corrected chi connectivity index (χ1v) is 3.22. The Bertz CT molecular complexity index is 185. The number of rotatable bonds is 3. The fraction of sp³-hybridized carbons (Fsp3) is 0.250. The predicted molar refractivity (Wildman–Crippen MR) is 39.0 cm³/mol. The molecule has 0 saturated heterocycles. The minimum absolute atomic E-state index is 0. The number of aliphatic hydroxyl groups is 1. The maximum absolute atomic E-state index is 8.40. The van der Waals surface area contributed by atoms with E-state index in [1.807, 2.05) is 30.3 Å². The fourth-order valence-corrected chi connectivity index (χ4v) is 0.680. The van der Waals surface area contributed by atoms with Gasteiger partial charge in [-0.2, -0.15) is 0 Å². The zero-order chi connectivity index (χ0) is 7.23. The molecule has 2 nitrogen and oxygen atoms in total. The van der Waals surface area contributed by atoms with Gasteiger partial charge in [-0.1, -0.05) is 18.2 Å². The topological polar surface area (TPSA) is 29.5 Å². The van der Waals surface area contributed by atoms with E-state index in [-0.39, 0.29) is 50.9 Å². The van der Waals surface area contributed by atoms with E-state index < -0.39 is 0 Å². The summed E-state index contributed by atoms with van der Waals surface area (Å²) in [6.07, 6.45) is 0. The van der Waals surface area contributed by atoms with E-state index in [0.717, 1.165) is 5.75 Å². The number of hydrogen-bond donors (Lipinski definition) is 1. The molecule has 1 aromatic rings. The van der Waals surface area contributed by atoms with Crippen molar-refractivity contribution in [3.8, 4) is 5.75 Å². The van der Waals surface area contributed by atoms with Crippen LogP contribution in [-0.4, -0.2) is 18.3 Å². The van der Waals surface area contributed by atoms with Gasteiger partial charge in [-0.15, -0.1) is 0 Å².